The maximum atomic E-state index is 10.9. The smallest absolute Gasteiger partial charge is 0.344 e. The standard InChI is InChI=1S/C10H19N6O3P/c11-8-7-9(14-10(12)13-8)16-3-1-15(2-4-16)5-6-20(17,18)19/h7H,1-6H2,(H2,17,18,19)(H4,11,12,13,14)/p+1. The number of aromatic nitrogens is 2. The van der Waals surface area contributed by atoms with Crippen molar-refractivity contribution >= 4 is 25.2 Å². The molecule has 0 unspecified atom stereocenters. The van der Waals surface area contributed by atoms with Gasteiger partial charge in [-0.15, -0.1) is 0 Å². The number of hydrogen-bond donors (Lipinski definition) is 4. The zero-order chi connectivity index (χ0) is 14.8. The summed E-state index contributed by atoms with van der Waals surface area (Å²) in [5.74, 6) is 1.44. The predicted molar refractivity (Wildman–Crippen MR) is 75.2 cm³/mol. The second-order valence-electron chi connectivity index (χ2n) is 4.79. The van der Waals surface area contributed by atoms with E-state index in [1.165, 1.54) is 0 Å². The minimum absolute atomic E-state index is 0.103. The minimum Gasteiger partial charge on any atom is -0.373 e. The Labute approximate surface area is 116 Å². The van der Waals surface area contributed by atoms with Crippen LogP contribution in [0.15, 0.2) is 6.07 Å². The molecule has 1 aliphatic rings. The molecule has 20 heavy (non-hydrogen) atoms. The Balaban J connectivity index is 1.89. The van der Waals surface area contributed by atoms with Crippen LogP contribution in [0.5, 0.6) is 0 Å². The monoisotopic (exact) mass is 303 g/mol. The van der Waals surface area contributed by atoms with Crippen LogP contribution in [0.2, 0.25) is 0 Å². The normalized spacial score (nSPS) is 17.4. The lowest BCUT2D eigenvalue weighted by molar-refractivity contribution is -0.350. The van der Waals surface area contributed by atoms with E-state index in [4.69, 9.17) is 21.3 Å². The number of piperazine rings is 1. The maximum absolute atomic E-state index is 10.9. The molecule has 0 amide bonds. The second-order valence-corrected chi connectivity index (χ2v) is 6.57. The molecule has 0 aromatic carbocycles. The predicted octanol–water partition coefficient (Wildman–Crippen LogP) is -1.64. The number of nitrogen functional groups attached to an aromatic ring is 2. The highest BCUT2D eigenvalue weighted by molar-refractivity contribution is 7.51. The Morgan fingerprint density at radius 3 is 2.50 bits per heavy atom. The fraction of sp³-hybridized carbons (Fsp3) is 0.600. The van der Waals surface area contributed by atoms with Crippen molar-refractivity contribution in [1.82, 2.24) is 9.88 Å². The molecule has 1 aromatic rings. The zero-order valence-corrected chi connectivity index (χ0v) is 12.0. The van der Waals surface area contributed by atoms with Gasteiger partial charge in [-0.1, -0.05) is 4.98 Å². The summed E-state index contributed by atoms with van der Waals surface area (Å²) >= 11 is 0. The largest absolute Gasteiger partial charge is 0.373 e. The van der Waals surface area contributed by atoms with Crippen LogP contribution < -0.4 is 21.4 Å². The molecule has 0 aliphatic carbocycles. The molecule has 112 valence electrons. The molecule has 0 atom stereocenters. The minimum atomic E-state index is -3.92. The first-order chi connectivity index (χ1) is 9.33. The fourth-order valence-corrected chi connectivity index (χ4v) is 2.70. The van der Waals surface area contributed by atoms with Gasteiger partial charge in [-0.25, -0.2) is 4.98 Å². The topological polar surface area (TPSA) is 143 Å². The van der Waals surface area contributed by atoms with Gasteiger partial charge in [-0.05, 0) is 0 Å². The Bertz CT molecular complexity index is 493. The average molecular weight is 303 g/mol. The van der Waals surface area contributed by atoms with Crippen LogP contribution in [0.1, 0.15) is 0 Å². The third kappa shape index (κ3) is 4.31. The van der Waals surface area contributed by atoms with Crippen molar-refractivity contribution in [2.45, 2.75) is 0 Å². The maximum Gasteiger partial charge on any atom is 0.344 e. The first-order valence-corrected chi connectivity index (χ1v) is 8.10. The Hall–Kier alpha value is -1.41. The molecule has 0 saturated carbocycles. The molecular weight excluding hydrogens is 283 g/mol. The van der Waals surface area contributed by atoms with Crippen LogP contribution >= 0.6 is 7.60 Å². The fourth-order valence-electron chi connectivity index (χ4n) is 2.16. The Morgan fingerprint density at radius 2 is 1.95 bits per heavy atom. The molecule has 1 saturated heterocycles. The van der Waals surface area contributed by atoms with E-state index in [0.29, 0.717) is 12.4 Å². The Morgan fingerprint density at radius 1 is 1.30 bits per heavy atom. The molecule has 1 fully saturated rings. The number of anilines is 3. The van der Waals surface area contributed by atoms with Gasteiger partial charge in [0.25, 0.3) is 0 Å². The van der Waals surface area contributed by atoms with Crippen molar-refractivity contribution in [2.75, 3.05) is 55.3 Å². The number of nitrogens with one attached hydrogen (secondary N) is 1. The zero-order valence-electron chi connectivity index (χ0n) is 11.1. The van der Waals surface area contributed by atoms with Crippen molar-refractivity contribution in [3.63, 3.8) is 0 Å². The molecule has 0 bridgehead atoms. The van der Waals surface area contributed by atoms with Gasteiger partial charge in [0.05, 0.1) is 25.3 Å². The van der Waals surface area contributed by atoms with E-state index >= 15 is 0 Å². The molecular formula is C10H20N6O3P+. The summed E-state index contributed by atoms with van der Waals surface area (Å²) in [6, 6.07) is 1.72. The van der Waals surface area contributed by atoms with E-state index in [1.54, 1.807) is 6.07 Å². The van der Waals surface area contributed by atoms with E-state index < -0.39 is 7.60 Å². The summed E-state index contributed by atoms with van der Waals surface area (Å²) in [7, 11) is -3.92. The lowest BCUT2D eigenvalue weighted by Crippen LogP contribution is -2.48. The quantitative estimate of drug-likeness (QED) is 0.485. The molecule has 9 nitrogen and oxygen atoms in total. The van der Waals surface area contributed by atoms with Crippen molar-refractivity contribution in [2.24, 2.45) is 0 Å². The van der Waals surface area contributed by atoms with E-state index in [1.807, 2.05) is 4.90 Å². The first kappa shape index (κ1) is 15.0. The molecule has 10 heteroatoms. The molecule has 1 aliphatic heterocycles. The van der Waals surface area contributed by atoms with Crippen LogP contribution in [0.3, 0.4) is 0 Å². The highest BCUT2D eigenvalue weighted by atomic mass is 31.2. The van der Waals surface area contributed by atoms with Crippen molar-refractivity contribution in [3.05, 3.63) is 6.07 Å². The number of H-pyrrole nitrogens is 1. The third-order valence-corrected chi connectivity index (χ3v) is 3.99. The molecule has 1 aromatic heterocycles. The molecule has 2 heterocycles. The van der Waals surface area contributed by atoms with Crippen LogP contribution in [0, 0.1) is 0 Å². The van der Waals surface area contributed by atoms with E-state index in [0.717, 1.165) is 32.0 Å². The average Bonchev–Trinajstić information content (AvgIpc) is 2.35. The van der Waals surface area contributed by atoms with Crippen molar-refractivity contribution in [3.8, 4) is 0 Å². The number of aromatic amines is 1. The third-order valence-electron chi connectivity index (χ3n) is 3.21. The molecule has 0 radical (unpaired) electrons. The van der Waals surface area contributed by atoms with Gasteiger partial charge in [0.15, 0.2) is 11.6 Å². The van der Waals surface area contributed by atoms with Gasteiger partial charge in [-0.2, -0.15) is 0 Å². The Kier molecular flexibility index (Phi) is 4.44. The summed E-state index contributed by atoms with van der Waals surface area (Å²) in [6.07, 6.45) is -0.103. The van der Waals surface area contributed by atoms with E-state index in [2.05, 4.69) is 14.9 Å². The highest BCUT2D eigenvalue weighted by Crippen LogP contribution is 2.33. The summed E-state index contributed by atoms with van der Waals surface area (Å²) < 4.78 is 10.9. The summed E-state index contributed by atoms with van der Waals surface area (Å²) in [5, 5.41) is 0. The van der Waals surface area contributed by atoms with Crippen LogP contribution in [-0.4, -0.2) is 58.6 Å². The van der Waals surface area contributed by atoms with Crippen LogP contribution in [-0.2, 0) is 4.57 Å². The lowest BCUT2D eigenvalue weighted by atomic mass is 10.3. The second kappa shape index (κ2) is 5.92. The van der Waals surface area contributed by atoms with Gasteiger partial charge >= 0.3 is 13.5 Å². The van der Waals surface area contributed by atoms with Crippen molar-refractivity contribution < 1.29 is 19.3 Å². The van der Waals surface area contributed by atoms with Gasteiger partial charge in [0.2, 0.25) is 0 Å². The SMILES string of the molecule is Nc1cc(N2CCN(CCP(=O)(O)O)CC2)[nH+]c(N)n1. The van der Waals surface area contributed by atoms with Crippen LogP contribution in [0.25, 0.3) is 0 Å². The summed E-state index contributed by atoms with van der Waals surface area (Å²) in [4.78, 5) is 28.7. The first-order valence-electron chi connectivity index (χ1n) is 6.31. The molecule has 7 N–H and O–H groups in total. The van der Waals surface area contributed by atoms with Gasteiger partial charge in [0, 0.05) is 19.6 Å². The number of nitrogens with zero attached hydrogens (tertiary/aromatic N) is 3. The molecule has 2 rings (SSSR count). The van der Waals surface area contributed by atoms with Gasteiger partial charge in [0.1, 0.15) is 0 Å². The summed E-state index contributed by atoms with van der Waals surface area (Å²) in [5.41, 5.74) is 11.3. The number of rotatable bonds is 4. The lowest BCUT2D eigenvalue weighted by Gasteiger charge is -2.33. The van der Waals surface area contributed by atoms with Gasteiger partial charge in [-0.3, -0.25) is 9.46 Å². The van der Waals surface area contributed by atoms with Crippen molar-refractivity contribution in [1.29, 1.82) is 0 Å². The van der Waals surface area contributed by atoms with E-state index in [9.17, 15) is 4.57 Å². The number of hydrogen-bond acceptors (Lipinski definition) is 6. The van der Waals surface area contributed by atoms with Gasteiger partial charge < -0.3 is 26.2 Å². The van der Waals surface area contributed by atoms with E-state index in [-0.39, 0.29) is 12.1 Å². The molecule has 0 spiro atoms. The highest BCUT2D eigenvalue weighted by Gasteiger charge is 2.23. The summed E-state index contributed by atoms with van der Waals surface area (Å²) in [6.45, 7) is 3.34. The number of nitrogens with two attached hydrogens (primary N) is 2. The van der Waals surface area contributed by atoms with Crippen LogP contribution in [0.4, 0.5) is 17.6 Å².